The van der Waals surface area contributed by atoms with Gasteiger partial charge in [-0.3, -0.25) is 0 Å². The van der Waals surface area contributed by atoms with Gasteiger partial charge in [-0.15, -0.1) is 0 Å². The van der Waals surface area contributed by atoms with Crippen LogP contribution < -0.4 is 4.90 Å². The monoisotopic (exact) mass is 840 g/mol. The molecule has 310 valence electrons. The van der Waals surface area contributed by atoms with E-state index >= 15 is 0 Å². The van der Waals surface area contributed by atoms with Gasteiger partial charge in [-0.1, -0.05) is 212 Å². The van der Waals surface area contributed by atoms with Gasteiger partial charge in [0.2, 0.25) is 0 Å². The molecule has 0 atom stereocenters. The smallest absolute Gasteiger partial charge is 0.0541 e. The Hall–Kier alpha value is -8.72. The predicted octanol–water partition coefficient (Wildman–Crippen LogP) is 17.7. The fourth-order valence-electron chi connectivity index (χ4n) is 9.91. The van der Waals surface area contributed by atoms with Crippen molar-refractivity contribution >= 4 is 49.6 Å². The van der Waals surface area contributed by atoms with E-state index in [2.05, 4.69) is 276 Å². The summed E-state index contributed by atoms with van der Waals surface area (Å²) in [6.45, 7) is 0. The molecule has 0 bridgehead atoms. The van der Waals surface area contributed by atoms with Gasteiger partial charge in [0.1, 0.15) is 0 Å². The molecule has 0 aliphatic carbocycles. The maximum atomic E-state index is 2.50. The molecule has 2 nitrogen and oxygen atoms in total. The lowest BCUT2D eigenvalue weighted by Gasteiger charge is -2.31. The summed E-state index contributed by atoms with van der Waals surface area (Å²) in [6, 6.07) is 97.2. The third-order valence-electron chi connectivity index (χ3n) is 13.0. The van der Waals surface area contributed by atoms with Gasteiger partial charge in [-0.25, -0.2) is 0 Å². The highest BCUT2D eigenvalue weighted by atomic mass is 15.1. The number of hydrogen-bond acceptors (Lipinski definition) is 1. The number of fused-ring (bicyclic) bond motifs is 4. The fourth-order valence-corrected chi connectivity index (χ4v) is 9.91. The summed E-state index contributed by atoms with van der Waals surface area (Å²) < 4.78 is 2.44. The summed E-state index contributed by atoms with van der Waals surface area (Å²) in [4.78, 5) is 2.50. The second kappa shape index (κ2) is 16.8. The average Bonchev–Trinajstić information content (AvgIpc) is 3.74. The molecule has 12 rings (SSSR count). The van der Waals surface area contributed by atoms with Crippen LogP contribution in [0.2, 0.25) is 0 Å². The molecule has 0 N–H and O–H groups in total. The summed E-state index contributed by atoms with van der Waals surface area (Å²) >= 11 is 0. The van der Waals surface area contributed by atoms with Gasteiger partial charge < -0.3 is 9.47 Å². The van der Waals surface area contributed by atoms with Crippen LogP contribution in [0.15, 0.2) is 267 Å². The first kappa shape index (κ1) is 38.9. The van der Waals surface area contributed by atoms with Gasteiger partial charge in [0.05, 0.1) is 28.1 Å². The molecule has 2 heteroatoms. The molecule has 0 spiro atoms. The van der Waals surface area contributed by atoms with E-state index in [0.717, 1.165) is 56.1 Å². The zero-order chi connectivity index (χ0) is 43.8. The highest BCUT2D eigenvalue weighted by Crippen LogP contribution is 2.49. The summed E-state index contributed by atoms with van der Waals surface area (Å²) in [5.74, 6) is 0. The van der Waals surface area contributed by atoms with E-state index in [0.29, 0.717) is 0 Å². The van der Waals surface area contributed by atoms with Crippen molar-refractivity contribution in [1.29, 1.82) is 0 Å². The first-order valence-electron chi connectivity index (χ1n) is 22.7. The van der Waals surface area contributed by atoms with E-state index in [1.807, 2.05) is 0 Å². The first-order chi connectivity index (χ1) is 32.8. The van der Waals surface area contributed by atoms with E-state index < -0.39 is 0 Å². The Labute approximate surface area is 385 Å². The maximum absolute atomic E-state index is 2.50. The third kappa shape index (κ3) is 6.93. The molecule has 0 saturated heterocycles. The number of hydrogen-bond donors (Lipinski definition) is 0. The van der Waals surface area contributed by atoms with Crippen LogP contribution in [0, 0.1) is 0 Å². The summed E-state index contributed by atoms with van der Waals surface area (Å²) in [7, 11) is 0. The van der Waals surface area contributed by atoms with Crippen molar-refractivity contribution in [2.75, 3.05) is 4.90 Å². The molecule has 0 fully saturated rings. The van der Waals surface area contributed by atoms with Gasteiger partial charge in [-0.2, -0.15) is 0 Å². The molecular formula is C64H44N2. The largest absolute Gasteiger partial charge is 0.309 e. The lowest BCUT2D eigenvalue weighted by molar-refractivity contribution is 1.18. The van der Waals surface area contributed by atoms with Crippen LogP contribution >= 0.6 is 0 Å². The van der Waals surface area contributed by atoms with Gasteiger partial charge in [0, 0.05) is 33.2 Å². The topological polar surface area (TPSA) is 8.17 Å². The molecule has 0 amide bonds. The molecule has 0 unspecified atom stereocenters. The van der Waals surface area contributed by atoms with Crippen LogP contribution in [0.3, 0.4) is 0 Å². The third-order valence-corrected chi connectivity index (χ3v) is 13.0. The number of rotatable bonds is 9. The Morgan fingerprint density at radius 2 is 0.788 bits per heavy atom. The van der Waals surface area contributed by atoms with Gasteiger partial charge >= 0.3 is 0 Å². The summed E-state index contributed by atoms with van der Waals surface area (Å²) in [5.41, 5.74) is 18.3. The van der Waals surface area contributed by atoms with E-state index in [1.165, 1.54) is 54.8 Å². The molecule has 1 aromatic heterocycles. The molecule has 1 heterocycles. The average molecular weight is 841 g/mol. The normalized spacial score (nSPS) is 11.3. The Kier molecular flexibility index (Phi) is 9.89. The van der Waals surface area contributed by atoms with Crippen molar-refractivity contribution in [2.24, 2.45) is 0 Å². The predicted molar refractivity (Wildman–Crippen MR) is 280 cm³/mol. The first-order valence-corrected chi connectivity index (χ1v) is 22.7. The molecule has 66 heavy (non-hydrogen) atoms. The Morgan fingerprint density at radius 1 is 0.258 bits per heavy atom. The number of para-hydroxylation sites is 4. The molecule has 0 aliphatic heterocycles. The Morgan fingerprint density at radius 3 is 1.50 bits per heavy atom. The van der Waals surface area contributed by atoms with Crippen molar-refractivity contribution in [2.45, 2.75) is 0 Å². The van der Waals surface area contributed by atoms with Gasteiger partial charge in [0.15, 0.2) is 0 Å². The van der Waals surface area contributed by atoms with Crippen LogP contribution in [0.25, 0.3) is 93.9 Å². The summed E-state index contributed by atoms with van der Waals surface area (Å²) in [5, 5.41) is 4.90. The van der Waals surface area contributed by atoms with Crippen LogP contribution in [0.4, 0.5) is 17.1 Å². The molecule has 0 radical (unpaired) electrons. The molecule has 0 aliphatic rings. The Bertz CT molecular complexity index is 3650. The lowest BCUT2D eigenvalue weighted by atomic mass is 9.92. The molecule has 11 aromatic carbocycles. The minimum Gasteiger partial charge on any atom is -0.309 e. The van der Waals surface area contributed by atoms with Crippen LogP contribution in [0.1, 0.15) is 0 Å². The SMILES string of the molecule is c1ccc(-c2ccc(N(c3ccc(-c4ccccc4)c(-c4ccccc4)c3)c3ccccc3-c3ccccc3-n3c4ccccc4c4ccccc43)c(-c3ccc4ccccc4c3)c2)cc1. The van der Waals surface area contributed by atoms with Gasteiger partial charge in [-0.05, 0) is 104 Å². The second-order valence-electron chi connectivity index (χ2n) is 16.9. The molecule has 0 saturated carbocycles. The minimum absolute atomic E-state index is 1.06. The van der Waals surface area contributed by atoms with E-state index in [1.54, 1.807) is 0 Å². The lowest BCUT2D eigenvalue weighted by Crippen LogP contribution is -2.13. The highest BCUT2D eigenvalue weighted by molar-refractivity contribution is 6.10. The number of benzene rings is 11. The van der Waals surface area contributed by atoms with E-state index in [-0.39, 0.29) is 0 Å². The van der Waals surface area contributed by atoms with Crippen LogP contribution in [-0.2, 0) is 0 Å². The zero-order valence-corrected chi connectivity index (χ0v) is 36.3. The number of anilines is 3. The zero-order valence-electron chi connectivity index (χ0n) is 36.3. The second-order valence-corrected chi connectivity index (χ2v) is 16.9. The number of aromatic nitrogens is 1. The van der Waals surface area contributed by atoms with E-state index in [9.17, 15) is 0 Å². The van der Waals surface area contributed by atoms with Crippen LogP contribution in [0.5, 0.6) is 0 Å². The van der Waals surface area contributed by atoms with Crippen molar-refractivity contribution in [3.8, 4) is 61.3 Å². The number of nitrogens with zero attached hydrogens (tertiary/aromatic N) is 2. The van der Waals surface area contributed by atoms with Crippen molar-refractivity contribution in [1.82, 2.24) is 4.57 Å². The maximum Gasteiger partial charge on any atom is 0.0541 e. The minimum atomic E-state index is 1.06. The highest BCUT2D eigenvalue weighted by Gasteiger charge is 2.25. The van der Waals surface area contributed by atoms with E-state index in [4.69, 9.17) is 0 Å². The van der Waals surface area contributed by atoms with Crippen LogP contribution in [-0.4, -0.2) is 4.57 Å². The van der Waals surface area contributed by atoms with Crippen molar-refractivity contribution in [3.63, 3.8) is 0 Å². The Balaban J connectivity index is 1.15. The van der Waals surface area contributed by atoms with Gasteiger partial charge in [0.25, 0.3) is 0 Å². The molecule has 12 aromatic rings. The summed E-state index contributed by atoms with van der Waals surface area (Å²) in [6.07, 6.45) is 0. The molecular weight excluding hydrogens is 797 g/mol. The fraction of sp³-hybridized carbons (Fsp3) is 0. The van der Waals surface area contributed by atoms with Crippen molar-refractivity contribution < 1.29 is 0 Å². The standard InChI is InChI=1S/C64H44N2/c1-4-20-45(21-5-1)50-38-41-64(59(43-50)51-37-36-46-22-10-11-27-49(46)42-51)65(52-39-40-53(47-23-6-2-7-24-47)58(44-52)48-25-8-3-9-26-48)60-32-16-12-28-54(60)55-29-13-17-33-61(55)66-62-34-18-14-30-56(62)57-31-15-19-35-63(57)66/h1-44H. The van der Waals surface area contributed by atoms with Crippen molar-refractivity contribution in [3.05, 3.63) is 267 Å². The quantitative estimate of drug-likeness (QED) is 0.141.